The molecule has 0 fully saturated rings. The van der Waals surface area contributed by atoms with Crippen LogP contribution in [0.2, 0.25) is 0 Å². The lowest BCUT2D eigenvalue weighted by molar-refractivity contribution is -0.672. The maximum Gasteiger partial charge on any atom is 0.229 e. The summed E-state index contributed by atoms with van der Waals surface area (Å²) in [5, 5.41) is 11.6. The molecule has 0 aliphatic rings. The first-order valence-electron chi connectivity index (χ1n) is 3.39. The molecule has 58 valence electrons. The molecule has 0 atom stereocenters. The Hall–Kier alpha value is -1.38. The topological polar surface area (TPSA) is 36.5 Å². The van der Waals surface area contributed by atoms with Gasteiger partial charge in [0, 0.05) is 12.1 Å². The van der Waals surface area contributed by atoms with Crippen LogP contribution in [0.3, 0.4) is 0 Å². The molecule has 1 heterocycles. The summed E-state index contributed by atoms with van der Waals surface area (Å²) in [6.07, 6.45) is 1.91. The van der Waals surface area contributed by atoms with Crippen molar-refractivity contribution in [2.75, 3.05) is 0 Å². The van der Waals surface area contributed by atoms with Crippen molar-refractivity contribution >= 4 is 5.71 Å². The van der Waals surface area contributed by atoms with Gasteiger partial charge >= 0.3 is 0 Å². The molecule has 0 aliphatic heterocycles. The van der Waals surface area contributed by atoms with Crippen molar-refractivity contribution in [2.24, 2.45) is 12.2 Å². The van der Waals surface area contributed by atoms with Crippen LogP contribution in [0, 0.1) is 0 Å². The Morgan fingerprint density at radius 3 is 2.82 bits per heavy atom. The lowest BCUT2D eigenvalue weighted by Gasteiger charge is -1.94. The third-order valence-electron chi connectivity index (χ3n) is 1.58. The van der Waals surface area contributed by atoms with E-state index in [1.165, 1.54) is 0 Å². The highest BCUT2D eigenvalue weighted by molar-refractivity contribution is 5.95. The SMILES string of the molecule is CC(=NO)c1cccc[n+]1C. The number of oxime groups is 1. The molecule has 0 aromatic carbocycles. The third-order valence-corrected chi connectivity index (χ3v) is 1.58. The third kappa shape index (κ3) is 1.55. The smallest absolute Gasteiger partial charge is 0.229 e. The summed E-state index contributed by atoms with van der Waals surface area (Å²) in [5.41, 5.74) is 1.53. The number of aromatic nitrogens is 1. The van der Waals surface area contributed by atoms with Crippen LogP contribution >= 0.6 is 0 Å². The molecule has 3 nitrogen and oxygen atoms in total. The fourth-order valence-electron chi connectivity index (χ4n) is 0.950. The van der Waals surface area contributed by atoms with Crippen LogP contribution in [0.15, 0.2) is 29.6 Å². The van der Waals surface area contributed by atoms with Crippen molar-refractivity contribution in [3.63, 3.8) is 0 Å². The summed E-state index contributed by atoms with van der Waals surface area (Å²) >= 11 is 0. The van der Waals surface area contributed by atoms with Gasteiger partial charge in [-0.3, -0.25) is 0 Å². The van der Waals surface area contributed by atoms with Crippen LogP contribution in [-0.2, 0) is 7.05 Å². The second kappa shape index (κ2) is 3.14. The number of hydrogen-bond donors (Lipinski definition) is 1. The maximum atomic E-state index is 8.49. The number of hydrogen-bond acceptors (Lipinski definition) is 2. The van der Waals surface area contributed by atoms with E-state index in [1.807, 2.05) is 36.0 Å². The largest absolute Gasteiger partial charge is 0.410 e. The van der Waals surface area contributed by atoms with Gasteiger partial charge in [-0.2, -0.15) is 4.57 Å². The Balaban J connectivity index is 3.14. The minimum atomic E-state index is 0.619. The fraction of sp³-hybridized carbons (Fsp3) is 0.250. The van der Waals surface area contributed by atoms with Gasteiger partial charge in [0.1, 0.15) is 12.8 Å². The van der Waals surface area contributed by atoms with Crippen molar-refractivity contribution in [1.82, 2.24) is 0 Å². The second-order valence-electron chi connectivity index (χ2n) is 2.38. The lowest BCUT2D eigenvalue weighted by Crippen LogP contribution is -2.34. The highest BCUT2D eigenvalue weighted by Crippen LogP contribution is 1.92. The first-order valence-corrected chi connectivity index (χ1v) is 3.39. The first-order chi connectivity index (χ1) is 5.25. The Bertz CT molecular complexity index is 281. The molecule has 0 spiro atoms. The number of pyridine rings is 1. The van der Waals surface area contributed by atoms with Crippen LogP contribution in [0.5, 0.6) is 0 Å². The molecule has 0 bridgehead atoms. The van der Waals surface area contributed by atoms with Crippen LogP contribution in [-0.4, -0.2) is 10.9 Å². The van der Waals surface area contributed by atoms with Crippen LogP contribution < -0.4 is 4.57 Å². The van der Waals surface area contributed by atoms with E-state index in [2.05, 4.69) is 5.16 Å². The van der Waals surface area contributed by atoms with Gasteiger partial charge in [0.15, 0.2) is 6.20 Å². The van der Waals surface area contributed by atoms with E-state index in [-0.39, 0.29) is 0 Å². The fourth-order valence-corrected chi connectivity index (χ4v) is 0.950. The average Bonchev–Trinajstić information content (AvgIpc) is 2.04. The van der Waals surface area contributed by atoms with Crippen molar-refractivity contribution in [1.29, 1.82) is 0 Å². The number of aryl methyl sites for hydroxylation is 1. The molecule has 1 aromatic rings. The molecule has 0 aliphatic carbocycles. The Morgan fingerprint density at radius 1 is 1.55 bits per heavy atom. The monoisotopic (exact) mass is 151 g/mol. The summed E-state index contributed by atoms with van der Waals surface area (Å²) < 4.78 is 1.90. The van der Waals surface area contributed by atoms with Gasteiger partial charge in [0.05, 0.1) is 0 Å². The average molecular weight is 151 g/mol. The molecule has 0 saturated heterocycles. The van der Waals surface area contributed by atoms with Crippen molar-refractivity contribution in [3.8, 4) is 0 Å². The van der Waals surface area contributed by atoms with E-state index >= 15 is 0 Å². The van der Waals surface area contributed by atoms with Crippen LogP contribution in [0.4, 0.5) is 0 Å². The van der Waals surface area contributed by atoms with Gasteiger partial charge in [-0.05, 0) is 13.0 Å². The molecule has 1 aromatic heterocycles. The van der Waals surface area contributed by atoms with Gasteiger partial charge in [-0.1, -0.05) is 5.16 Å². The van der Waals surface area contributed by atoms with Crippen LogP contribution in [0.25, 0.3) is 0 Å². The van der Waals surface area contributed by atoms with E-state index in [9.17, 15) is 0 Å². The molecule has 0 amide bonds. The van der Waals surface area contributed by atoms with E-state index in [1.54, 1.807) is 6.92 Å². The second-order valence-corrected chi connectivity index (χ2v) is 2.38. The van der Waals surface area contributed by atoms with Crippen molar-refractivity contribution in [3.05, 3.63) is 30.1 Å². The quantitative estimate of drug-likeness (QED) is 0.273. The van der Waals surface area contributed by atoms with Crippen molar-refractivity contribution in [2.45, 2.75) is 6.92 Å². The summed E-state index contributed by atoms with van der Waals surface area (Å²) in [4.78, 5) is 0. The normalized spacial score (nSPS) is 11.6. The van der Waals surface area contributed by atoms with Gasteiger partial charge < -0.3 is 5.21 Å². The van der Waals surface area contributed by atoms with Gasteiger partial charge in [0.2, 0.25) is 5.69 Å². The highest BCUT2D eigenvalue weighted by Gasteiger charge is 2.07. The highest BCUT2D eigenvalue weighted by atomic mass is 16.4. The first kappa shape index (κ1) is 7.72. The molecule has 1 rings (SSSR count). The standard InChI is InChI=1S/C8H10N2O/c1-7(9-11)8-5-3-4-6-10(8)2/h3-6H,1-2H3/p+1. The summed E-state index contributed by atoms with van der Waals surface area (Å²) in [7, 11) is 1.91. The molecule has 0 saturated carbocycles. The Morgan fingerprint density at radius 2 is 2.27 bits per heavy atom. The minimum Gasteiger partial charge on any atom is -0.410 e. The van der Waals surface area contributed by atoms with E-state index < -0.39 is 0 Å². The zero-order valence-corrected chi connectivity index (χ0v) is 6.65. The van der Waals surface area contributed by atoms with Crippen LogP contribution in [0.1, 0.15) is 12.6 Å². The summed E-state index contributed by atoms with van der Waals surface area (Å²) in [6, 6.07) is 5.73. The molecular weight excluding hydrogens is 140 g/mol. The van der Waals surface area contributed by atoms with E-state index in [0.717, 1.165) is 5.69 Å². The summed E-state index contributed by atoms with van der Waals surface area (Å²) in [6.45, 7) is 1.76. The molecule has 0 radical (unpaired) electrons. The number of rotatable bonds is 1. The maximum absolute atomic E-state index is 8.49. The molecular formula is C8H11N2O+. The van der Waals surface area contributed by atoms with Gasteiger partial charge in [-0.15, -0.1) is 0 Å². The van der Waals surface area contributed by atoms with E-state index in [4.69, 9.17) is 5.21 Å². The van der Waals surface area contributed by atoms with E-state index in [0.29, 0.717) is 5.71 Å². The molecule has 0 unspecified atom stereocenters. The minimum absolute atomic E-state index is 0.619. The van der Waals surface area contributed by atoms with Gasteiger partial charge in [-0.25, -0.2) is 0 Å². The zero-order valence-electron chi connectivity index (χ0n) is 6.65. The summed E-state index contributed by atoms with van der Waals surface area (Å²) in [5.74, 6) is 0. The molecule has 3 heteroatoms. The van der Waals surface area contributed by atoms with Gasteiger partial charge in [0.25, 0.3) is 0 Å². The Kier molecular flexibility index (Phi) is 2.21. The Labute approximate surface area is 65.6 Å². The predicted molar refractivity (Wildman–Crippen MR) is 41.6 cm³/mol. The van der Waals surface area contributed by atoms with Crippen molar-refractivity contribution < 1.29 is 9.77 Å². The number of nitrogens with zero attached hydrogens (tertiary/aromatic N) is 2. The molecule has 1 N–H and O–H groups in total. The zero-order chi connectivity index (χ0) is 8.27. The molecule has 11 heavy (non-hydrogen) atoms. The predicted octanol–water partition coefficient (Wildman–Crippen LogP) is 0.709. The lowest BCUT2D eigenvalue weighted by atomic mass is 10.2.